The molecule has 0 radical (unpaired) electrons. The molecule has 0 bridgehead atoms. The lowest BCUT2D eigenvalue weighted by Gasteiger charge is -2.07. The van der Waals surface area contributed by atoms with Crippen molar-refractivity contribution < 1.29 is 17.9 Å². The van der Waals surface area contributed by atoms with Crippen LogP contribution in [0.1, 0.15) is 18.1 Å². The molecule has 0 saturated carbocycles. The molecule has 128 valence electrons. The van der Waals surface area contributed by atoms with Crippen molar-refractivity contribution in [3.63, 3.8) is 0 Å². The molecule has 0 aliphatic heterocycles. The molecular formula is C17H20N2O4S. The van der Waals surface area contributed by atoms with Crippen molar-refractivity contribution >= 4 is 15.9 Å². The normalized spacial score (nSPS) is 11.1. The molecule has 2 rings (SSSR count). The van der Waals surface area contributed by atoms with Gasteiger partial charge in [0, 0.05) is 6.54 Å². The van der Waals surface area contributed by atoms with Crippen LogP contribution < -0.4 is 15.2 Å². The molecule has 2 aromatic carbocycles. The van der Waals surface area contributed by atoms with Crippen molar-refractivity contribution in [2.45, 2.75) is 24.8 Å². The topological polar surface area (TPSA) is 98.5 Å². The van der Waals surface area contributed by atoms with Crippen molar-refractivity contribution in [3.05, 3.63) is 59.7 Å². The van der Waals surface area contributed by atoms with E-state index in [4.69, 9.17) is 9.88 Å². The summed E-state index contributed by atoms with van der Waals surface area (Å²) < 4.78 is 27.7. The smallest absolute Gasteiger partial charge is 0.238 e. The van der Waals surface area contributed by atoms with Gasteiger partial charge in [-0.1, -0.05) is 24.3 Å². The molecule has 0 aliphatic rings. The lowest BCUT2D eigenvalue weighted by Crippen LogP contribution is -2.24. The van der Waals surface area contributed by atoms with Crippen molar-refractivity contribution in [2.24, 2.45) is 5.14 Å². The highest BCUT2D eigenvalue weighted by molar-refractivity contribution is 7.89. The molecule has 0 saturated heterocycles. The molecule has 24 heavy (non-hydrogen) atoms. The summed E-state index contributed by atoms with van der Waals surface area (Å²) >= 11 is 0. The molecule has 0 aromatic heterocycles. The van der Waals surface area contributed by atoms with Gasteiger partial charge in [-0.3, -0.25) is 4.79 Å². The average molecular weight is 348 g/mol. The number of rotatable bonds is 7. The predicted octanol–water partition coefficient (Wildman–Crippen LogP) is 1.59. The zero-order valence-electron chi connectivity index (χ0n) is 13.4. The van der Waals surface area contributed by atoms with E-state index in [1.807, 2.05) is 31.2 Å². The quantitative estimate of drug-likeness (QED) is 0.794. The van der Waals surface area contributed by atoms with Gasteiger partial charge in [-0.15, -0.1) is 0 Å². The minimum atomic E-state index is -3.70. The highest BCUT2D eigenvalue weighted by atomic mass is 32.2. The molecule has 7 heteroatoms. The Hall–Kier alpha value is -2.38. The summed E-state index contributed by atoms with van der Waals surface area (Å²) in [5.41, 5.74) is 1.68. The Labute approximate surface area is 141 Å². The van der Waals surface area contributed by atoms with Gasteiger partial charge < -0.3 is 10.1 Å². The number of benzene rings is 2. The van der Waals surface area contributed by atoms with Crippen LogP contribution in [-0.2, 0) is 27.8 Å². The van der Waals surface area contributed by atoms with Gasteiger partial charge in [0.2, 0.25) is 15.9 Å². The fraction of sp³-hybridized carbons (Fsp3) is 0.235. The molecule has 3 N–H and O–H groups in total. The van der Waals surface area contributed by atoms with E-state index in [0.717, 1.165) is 16.9 Å². The maximum atomic E-state index is 12.0. The van der Waals surface area contributed by atoms with Crippen molar-refractivity contribution in [1.29, 1.82) is 0 Å². The number of nitrogens with two attached hydrogens (primary N) is 1. The van der Waals surface area contributed by atoms with Crippen LogP contribution in [0.5, 0.6) is 5.75 Å². The maximum absolute atomic E-state index is 12.0. The third-order valence-electron chi connectivity index (χ3n) is 3.34. The molecular weight excluding hydrogens is 328 g/mol. The number of carbonyl (C=O) groups is 1. The summed E-state index contributed by atoms with van der Waals surface area (Å²) in [5, 5.41) is 7.83. The predicted molar refractivity (Wildman–Crippen MR) is 91.0 cm³/mol. The Morgan fingerprint density at radius 2 is 1.62 bits per heavy atom. The van der Waals surface area contributed by atoms with E-state index in [1.165, 1.54) is 12.1 Å². The summed E-state index contributed by atoms with van der Waals surface area (Å²) in [6.45, 7) is 2.84. The highest BCUT2D eigenvalue weighted by Crippen LogP contribution is 2.13. The summed E-state index contributed by atoms with van der Waals surface area (Å²) in [6, 6.07) is 13.5. The van der Waals surface area contributed by atoms with Gasteiger partial charge in [-0.05, 0) is 42.3 Å². The SMILES string of the molecule is CCOc1ccc(CC(=O)NCc2ccc(S(N)(=O)=O)cc2)cc1. The standard InChI is InChI=1S/C17H20N2O4S/c1-2-23-15-7-3-13(4-8-15)11-17(20)19-12-14-5-9-16(10-6-14)24(18,21)22/h3-10H,2,11-12H2,1H3,(H,19,20)(H2,18,21,22). The third kappa shape index (κ3) is 5.36. The van der Waals surface area contributed by atoms with Gasteiger partial charge in [0.1, 0.15) is 5.75 Å². The second-order valence-electron chi connectivity index (χ2n) is 5.22. The van der Waals surface area contributed by atoms with Crippen LogP contribution in [0.3, 0.4) is 0 Å². The van der Waals surface area contributed by atoms with Crippen LogP contribution in [0.4, 0.5) is 0 Å². The largest absolute Gasteiger partial charge is 0.494 e. The van der Waals surface area contributed by atoms with E-state index in [9.17, 15) is 13.2 Å². The summed E-state index contributed by atoms with van der Waals surface area (Å²) in [5.74, 6) is 0.659. The summed E-state index contributed by atoms with van der Waals surface area (Å²) in [4.78, 5) is 12.0. The fourth-order valence-electron chi connectivity index (χ4n) is 2.12. The Kier molecular flexibility index (Phi) is 5.94. The van der Waals surface area contributed by atoms with Crippen LogP contribution in [0.2, 0.25) is 0 Å². The van der Waals surface area contributed by atoms with E-state index >= 15 is 0 Å². The van der Waals surface area contributed by atoms with Crippen LogP contribution >= 0.6 is 0 Å². The van der Waals surface area contributed by atoms with Gasteiger partial charge in [0.25, 0.3) is 0 Å². The molecule has 2 aromatic rings. The number of carbonyl (C=O) groups excluding carboxylic acids is 1. The number of sulfonamides is 1. The molecule has 0 heterocycles. The number of hydrogen-bond acceptors (Lipinski definition) is 4. The monoisotopic (exact) mass is 348 g/mol. The van der Waals surface area contributed by atoms with Gasteiger partial charge in [-0.25, -0.2) is 13.6 Å². The van der Waals surface area contributed by atoms with Crippen LogP contribution in [0, 0.1) is 0 Å². The Morgan fingerprint density at radius 3 is 2.17 bits per heavy atom. The van der Waals surface area contributed by atoms with Crippen LogP contribution in [0.25, 0.3) is 0 Å². The average Bonchev–Trinajstić information content (AvgIpc) is 2.55. The van der Waals surface area contributed by atoms with E-state index in [-0.39, 0.29) is 17.2 Å². The first kappa shape index (κ1) is 18.0. The second kappa shape index (κ2) is 7.94. The zero-order valence-corrected chi connectivity index (χ0v) is 14.2. The summed E-state index contributed by atoms with van der Waals surface area (Å²) in [7, 11) is -3.70. The number of primary sulfonamides is 1. The Balaban J connectivity index is 1.86. The van der Waals surface area contributed by atoms with Gasteiger partial charge in [-0.2, -0.15) is 0 Å². The highest BCUT2D eigenvalue weighted by Gasteiger charge is 2.08. The van der Waals surface area contributed by atoms with E-state index in [1.54, 1.807) is 12.1 Å². The van der Waals surface area contributed by atoms with Crippen LogP contribution in [-0.4, -0.2) is 20.9 Å². The van der Waals surface area contributed by atoms with Gasteiger partial charge in [0.05, 0.1) is 17.9 Å². The van der Waals surface area contributed by atoms with Crippen molar-refractivity contribution in [1.82, 2.24) is 5.32 Å². The maximum Gasteiger partial charge on any atom is 0.238 e. The van der Waals surface area contributed by atoms with E-state index in [2.05, 4.69) is 5.32 Å². The van der Waals surface area contributed by atoms with Crippen molar-refractivity contribution in [3.8, 4) is 5.75 Å². The molecule has 0 spiro atoms. The minimum Gasteiger partial charge on any atom is -0.494 e. The Bertz CT molecular complexity index is 784. The minimum absolute atomic E-state index is 0.0481. The lowest BCUT2D eigenvalue weighted by atomic mass is 10.1. The van der Waals surface area contributed by atoms with Gasteiger partial charge in [0.15, 0.2) is 0 Å². The lowest BCUT2D eigenvalue weighted by molar-refractivity contribution is -0.120. The number of nitrogens with one attached hydrogen (secondary N) is 1. The molecule has 1 amide bonds. The fourth-order valence-corrected chi connectivity index (χ4v) is 2.63. The first-order valence-corrected chi connectivity index (χ1v) is 9.03. The number of ether oxygens (including phenoxy) is 1. The molecule has 6 nitrogen and oxygen atoms in total. The van der Waals surface area contributed by atoms with Crippen molar-refractivity contribution in [2.75, 3.05) is 6.61 Å². The molecule has 0 atom stereocenters. The first-order chi connectivity index (χ1) is 11.4. The molecule has 0 fully saturated rings. The third-order valence-corrected chi connectivity index (χ3v) is 4.27. The number of amides is 1. The molecule has 0 unspecified atom stereocenters. The molecule has 0 aliphatic carbocycles. The van der Waals surface area contributed by atoms with E-state index in [0.29, 0.717) is 13.2 Å². The van der Waals surface area contributed by atoms with Gasteiger partial charge >= 0.3 is 0 Å². The van der Waals surface area contributed by atoms with Crippen LogP contribution in [0.15, 0.2) is 53.4 Å². The zero-order chi connectivity index (χ0) is 17.6. The first-order valence-electron chi connectivity index (χ1n) is 7.48. The Morgan fingerprint density at radius 1 is 1.04 bits per heavy atom. The second-order valence-corrected chi connectivity index (χ2v) is 6.78. The summed E-state index contributed by atoms with van der Waals surface area (Å²) in [6.07, 6.45) is 0.266. The van der Waals surface area contributed by atoms with E-state index < -0.39 is 10.0 Å². The number of hydrogen-bond donors (Lipinski definition) is 2.